The fourth-order valence-electron chi connectivity index (χ4n) is 2.99. The quantitative estimate of drug-likeness (QED) is 0.704. The van der Waals surface area contributed by atoms with Crippen molar-refractivity contribution in [2.24, 2.45) is 0 Å². The number of amides is 2. The number of imide groups is 1. The van der Waals surface area contributed by atoms with E-state index in [0.717, 1.165) is 4.90 Å². The number of nitrogens with zero attached hydrogens (tertiary/aromatic N) is 4. The van der Waals surface area contributed by atoms with Crippen LogP contribution >= 0.6 is 0 Å². The van der Waals surface area contributed by atoms with Gasteiger partial charge in [0, 0.05) is 5.56 Å². The fourth-order valence-corrected chi connectivity index (χ4v) is 2.99. The van der Waals surface area contributed by atoms with Crippen molar-refractivity contribution in [1.82, 2.24) is 24.4 Å². The molecule has 1 aromatic carbocycles. The molecule has 0 aliphatic carbocycles. The Hall–Kier alpha value is -3.49. The first-order chi connectivity index (χ1) is 12.7. The van der Waals surface area contributed by atoms with Crippen LogP contribution in [0.25, 0.3) is 16.9 Å². The monoisotopic (exact) mass is 367 g/mol. The molecule has 3 aromatic rings. The molecule has 0 radical (unpaired) electrons. The number of carbonyl (C=O) groups is 2. The second kappa shape index (κ2) is 5.76. The molecule has 0 saturated heterocycles. The first kappa shape index (κ1) is 17.0. The molecule has 0 saturated carbocycles. The third-order valence-corrected chi connectivity index (χ3v) is 4.12. The lowest BCUT2D eigenvalue weighted by Crippen LogP contribution is -2.36. The van der Waals surface area contributed by atoms with Crippen molar-refractivity contribution in [3.8, 4) is 5.69 Å². The summed E-state index contributed by atoms with van der Waals surface area (Å²) < 4.78 is 6.65. The van der Waals surface area contributed by atoms with Gasteiger partial charge in [-0.15, -0.1) is 0 Å². The molecule has 9 nitrogen and oxygen atoms in total. The number of carbonyl (C=O) groups excluding carboxylic acids is 2. The van der Waals surface area contributed by atoms with Crippen molar-refractivity contribution in [1.29, 1.82) is 0 Å². The van der Waals surface area contributed by atoms with E-state index in [4.69, 9.17) is 4.74 Å². The number of rotatable bonds is 1. The van der Waals surface area contributed by atoms with Crippen molar-refractivity contribution >= 4 is 23.2 Å². The highest BCUT2D eigenvalue weighted by Crippen LogP contribution is 2.27. The highest BCUT2D eigenvalue weighted by atomic mass is 16.6. The zero-order valence-electron chi connectivity index (χ0n) is 15.0. The first-order valence-electron chi connectivity index (χ1n) is 8.33. The van der Waals surface area contributed by atoms with Gasteiger partial charge in [-0.25, -0.2) is 29.0 Å². The maximum atomic E-state index is 12.7. The second-order valence-electron chi connectivity index (χ2n) is 7.24. The summed E-state index contributed by atoms with van der Waals surface area (Å²) in [5.74, 6) is -0.455. The lowest BCUT2D eigenvalue weighted by atomic mass is 10.1. The molecule has 0 bridgehead atoms. The minimum atomic E-state index is -0.700. The number of imidazole rings is 1. The number of aromatic nitrogens is 4. The lowest BCUT2D eigenvalue weighted by Gasteiger charge is -2.23. The summed E-state index contributed by atoms with van der Waals surface area (Å²) in [4.78, 5) is 49.0. The molecule has 1 N–H and O–H groups in total. The van der Waals surface area contributed by atoms with Gasteiger partial charge in [0.1, 0.15) is 17.4 Å². The fraction of sp³-hybridized carbons (Fsp3) is 0.278. The van der Waals surface area contributed by atoms with E-state index >= 15 is 0 Å². The standard InChI is InChI=1S/C18H17N5O4/c1-18(2,3)27-17(26)22-8-10-4-5-11(6-12(10)15(22)24)23-14-13(21-16(23)25)7-19-9-20-14/h4-7,9H,8H2,1-3H3,(H,21,25). The molecule has 1 aliphatic heterocycles. The van der Waals surface area contributed by atoms with E-state index in [1.54, 1.807) is 39.0 Å². The highest BCUT2D eigenvalue weighted by Gasteiger charge is 2.35. The Labute approximate surface area is 153 Å². The van der Waals surface area contributed by atoms with E-state index in [1.807, 2.05) is 0 Å². The number of fused-ring (bicyclic) bond motifs is 2. The summed E-state index contributed by atoms with van der Waals surface area (Å²) in [6, 6.07) is 5.01. The predicted molar refractivity (Wildman–Crippen MR) is 95.6 cm³/mol. The normalized spacial score (nSPS) is 13.9. The Morgan fingerprint density at radius 3 is 2.78 bits per heavy atom. The van der Waals surface area contributed by atoms with Crippen molar-refractivity contribution in [3.05, 3.63) is 52.3 Å². The van der Waals surface area contributed by atoms with Crippen LogP contribution in [-0.4, -0.2) is 42.0 Å². The van der Waals surface area contributed by atoms with Gasteiger partial charge in [0.2, 0.25) is 0 Å². The van der Waals surface area contributed by atoms with Crippen molar-refractivity contribution in [2.75, 3.05) is 0 Å². The lowest BCUT2D eigenvalue weighted by molar-refractivity contribution is 0.0248. The van der Waals surface area contributed by atoms with Gasteiger partial charge in [-0.1, -0.05) is 6.07 Å². The maximum Gasteiger partial charge on any atom is 0.417 e. The van der Waals surface area contributed by atoms with Crippen LogP contribution in [0.5, 0.6) is 0 Å². The summed E-state index contributed by atoms with van der Waals surface area (Å²) >= 11 is 0. The van der Waals surface area contributed by atoms with E-state index in [-0.39, 0.29) is 12.2 Å². The van der Waals surface area contributed by atoms with Gasteiger partial charge in [-0.2, -0.15) is 0 Å². The van der Waals surface area contributed by atoms with Gasteiger partial charge < -0.3 is 9.72 Å². The second-order valence-corrected chi connectivity index (χ2v) is 7.24. The Bertz CT molecular complexity index is 1140. The number of H-pyrrole nitrogens is 1. The minimum Gasteiger partial charge on any atom is -0.443 e. The smallest absolute Gasteiger partial charge is 0.417 e. The zero-order chi connectivity index (χ0) is 19.3. The summed E-state index contributed by atoms with van der Waals surface area (Å²) in [6.45, 7) is 5.35. The molecule has 0 fully saturated rings. The SMILES string of the molecule is CC(C)(C)OC(=O)N1Cc2ccc(-n3c(=O)[nH]c4cncnc43)cc2C1=O. The number of nitrogens with one attached hydrogen (secondary N) is 1. The van der Waals surface area contributed by atoms with E-state index in [0.29, 0.717) is 28.0 Å². The molecule has 138 valence electrons. The Morgan fingerprint density at radius 2 is 2.04 bits per heavy atom. The first-order valence-corrected chi connectivity index (χ1v) is 8.33. The van der Waals surface area contributed by atoms with Crippen molar-refractivity contribution in [2.45, 2.75) is 32.9 Å². The highest BCUT2D eigenvalue weighted by molar-refractivity contribution is 6.06. The summed E-state index contributed by atoms with van der Waals surface area (Å²) in [7, 11) is 0. The van der Waals surface area contributed by atoms with Crippen LogP contribution in [0.2, 0.25) is 0 Å². The molecule has 2 aromatic heterocycles. The van der Waals surface area contributed by atoms with Gasteiger partial charge in [-0.05, 0) is 38.5 Å². The van der Waals surface area contributed by atoms with Crippen LogP contribution in [0.1, 0.15) is 36.7 Å². The Kier molecular flexibility index (Phi) is 3.62. The van der Waals surface area contributed by atoms with Crippen LogP contribution < -0.4 is 5.69 Å². The van der Waals surface area contributed by atoms with Crippen LogP contribution in [0, 0.1) is 0 Å². The van der Waals surface area contributed by atoms with Crippen molar-refractivity contribution < 1.29 is 14.3 Å². The summed E-state index contributed by atoms with van der Waals surface area (Å²) in [6.07, 6.45) is 2.15. The number of benzene rings is 1. The van der Waals surface area contributed by atoms with Crippen LogP contribution in [-0.2, 0) is 11.3 Å². The number of hydrogen-bond acceptors (Lipinski definition) is 6. The van der Waals surface area contributed by atoms with E-state index in [1.165, 1.54) is 17.1 Å². The molecule has 9 heteroatoms. The molecule has 0 atom stereocenters. The Morgan fingerprint density at radius 1 is 1.26 bits per heavy atom. The number of aromatic amines is 1. The molecule has 4 rings (SSSR count). The Balaban J connectivity index is 1.73. The van der Waals surface area contributed by atoms with Gasteiger partial charge in [0.15, 0.2) is 5.65 Å². The maximum absolute atomic E-state index is 12.7. The minimum absolute atomic E-state index is 0.133. The van der Waals surface area contributed by atoms with Crippen LogP contribution in [0.4, 0.5) is 4.79 Å². The number of ether oxygens (including phenoxy) is 1. The third kappa shape index (κ3) is 2.86. The van der Waals surface area contributed by atoms with E-state index in [9.17, 15) is 14.4 Å². The van der Waals surface area contributed by atoms with Crippen molar-refractivity contribution in [3.63, 3.8) is 0 Å². The molecule has 3 heterocycles. The van der Waals surface area contributed by atoms with Gasteiger partial charge in [-0.3, -0.25) is 4.79 Å². The molecule has 2 amide bonds. The van der Waals surface area contributed by atoms with Crippen LogP contribution in [0.15, 0.2) is 35.5 Å². The summed E-state index contributed by atoms with van der Waals surface area (Å²) in [5, 5.41) is 0. The molecular weight excluding hydrogens is 350 g/mol. The molecule has 1 aliphatic rings. The topological polar surface area (TPSA) is 110 Å². The average Bonchev–Trinajstić information content (AvgIpc) is 3.09. The largest absolute Gasteiger partial charge is 0.443 e. The summed E-state index contributed by atoms with van der Waals surface area (Å²) in [5.41, 5.74) is 1.33. The average molecular weight is 367 g/mol. The molecule has 0 unspecified atom stereocenters. The zero-order valence-corrected chi connectivity index (χ0v) is 15.0. The van der Waals surface area contributed by atoms with Crippen LogP contribution in [0.3, 0.4) is 0 Å². The molecule has 27 heavy (non-hydrogen) atoms. The predicted octanol–water partition coefficient (Wildman–Crippen LogP) is 2.00. The van der Waals surface area contributed by atoms with Gasteiger partial charge in [0.05, 0.1) is 18.4 Å². The molecular formula is C18H17N5O4. The van der Waals surface area contributed by atoms with Gasteiger partial charge >= 0.3 is 11.8 Å². The number of hydrogen-bond donors (Lipinski definition) is 1. The molecule has 0 spiro atoms. The third-order valence-electron chi connectivity index (χ3n) is 4.12. The van der Waals surface area contributed by atoms with E-state index in [2.05, 4.69) is 15.0 Å². The van der Waals surface area contributed by atoms with E-state index < -0.39 is 17.6 Å². The van der Waals surface area contributed by atoms with Gasteiger partial charge in [0.25, 0.3) is 5.91 Å².